The fraction of sp³-hybridized carbons (Fsp3) is 0.548. The van der Waals surface area contributed by atoms with Crippen molar-refractivity contribution >= 4 is 40.2 Å². The second-order valence-corrected chi connectivity index (χ2v) is 13.5. The minimum Gasteiger partial charge on any atom is -0.444 e. The van der Waals surface area contributed by atoms with E-state index in [1.165, 1.54) is 18.3 Å². The van der Waals surface area contributed by atoms with Crippen LogP contribution in [0.15, 0.2) is 36.7 Å². The molecule has 1 saturated carbocycles. The predicted octanol–water partition coefficient (Wildman–Crippen LogP) is 7.22. The van der Waals surface area contributed by atoms with Crippen molar-refractivity contribution in [2.45, 2.75) is 95.6 Å². The van der Waals surface area contributed by atoms with E-state index < -0.39 is 23.0 Å². The van der Waals surface area contributed by atoms with E-state index in [2.05, 4.69) is 20.7 Å². The number of benzene rings is 1. The smallest absolute Gasteiger partial charge is 0.433 e. The lowest BCUT2D eigenvalue weighted by atomic mass is 9.80. The fourth-order valence-electron chi connectivity index (χ4n) is 6.07. The Kier molecular flexibility index (Phi) is 8.76. The van der Waals surface area contributed by atoms with Crippen LogP contribution in [-0.4, -0.2) is 61.9 Å². The number of pyridine rings is 1. The number of halogens is 4. The van der Waals surface area contributed by atoms with Gasteiger partial charge in [-0.1, -0.05) is 11.6 Å². The summed E-state index contributed by atoms with van der Waals surface area (Å²) in [5.41, 5.74) is -1.26. The van der Waals surface area contributed by atoms with Crippen LogP contribution >= 0.6 is 11.6 Å². The fourth-order valence-corrected chi connectivity index (χ4v) is 6.24. The first kappa shape index (κ1) is 31.9. The Morgan fingerprint density at radius 1 is 1.14 bits per heavy atom. The lowest BCUT2D eigenvalue weighted by molar-refractivity contribution is -0.140. The molecular weight excluding hydrogens is 597 g/mol. The number of piperidine rings is 1. The summed E-state index contributed by atoms with van der Waals surface area (Å²) in [5, 5.41) is 11.8. The lowest BCUT2D eigenvalue weighted by Crippen LogP contribution is -2.51. The summed E-state index contributed by atoms with van der Waals surface area (Å²) in [5.74, 6) is -0.278. The molecule has 0 radical (unpaired) electrons. The van der Waals surface area contributed by atoms with E-state index >= 15 is 0 Å². The molecule has 0 bridgehead atoms. The molecule has 0 spiro atoms. The van der Waals surface area contributed by atoms with Gasteiger partial charge in [-0.15, -0.1) is 0 Å². The first-order valence-electron chi connectivity index (χ1n) is 14.9. The number of carbonyl (C=O) groups excluding carboxylic acids is 2. The van der Waals surface area contributed by atoms with Gasteiger partial charge in [0.15, 0.2) is 0 Å². The summed E-state index contributed by atoms with van der Waals surface area (Å²) >= 11 is 6.16. The molecule has 1 saturated heterocycles. The first-order chi connectivity index (χ1) is 20.6. The number of hydrogen-bond acceptors (Lipinski definition) is 6. The number of amides is 2. The maximum absolute atomic E-state index is 13.6. The molecule has 2 amide bonds. The number of rotatable bonds is 5. The van der Waals surface area contributed by atoms with E-state index in [4.69, 9.17) is 16.3 Å². The average molecular weight is 635 g/mol. The van der Waals surface area contributed by atoms with E-state index in [0.717, 1.165) is 38.2 Å². The van der Waals surface area contributed by atoms with Crippen LogP contribution in [0.4, 0.5) is 23.7 Å². The molecule has 1 aliphatic carbocycles. The van der Waals surface area contributed by atoms with Crippen molar-refractivity contribution in [3.8, 4) is 0 Å². The van der Waals surface area contributed by atoms with Crippen molar-refractivity contribution in [1.82, 2.24) is 25.0 Å². The standard InChI is InChI=1S/C31H38ClF3N6O3/c1-29(2,3)44-28(43)40-12-6-8-22(18-40)41-17-19(16-36-41)27(42)39-30(4)11-5-7-21(15-30)37-25-14-26(31(33,34)35)38-24-10-9-20(32)13-23(24)25/h9-10,13-14,16-17,21-22H,5-8,11-12,15,18H2,1-4H3,(H,37,38)(H,39,42)/t21-,22?,30+/m0/s1. The Labute approximate surface area is 259 Å². The Bertz CT molecular complexity index is 1540. The van der Waals surface area contributed by atoms with Crippen molar-refractivity contribution in [2.24, 2.45) is 0 Å². The molecule has 2 aromatic heterocycles. The van der Waals surface area contributed by atoms with Gasteiger partial charge >= 0.3 is 12.3 Å². The average Bonchev–Trinajstić information content (AvgIpc) is 3.42. The van der Waals surface area contributed by atoms with Crippen LogP contribution in [0.5, 0.6) is 0 Å². The van der Waals surface area contributed by atoms with Crippen LogP contribution in [0.1, 0.15) is 88.3 Å². The molecule has 5 rings (SSSR count). The Hall–Kier alpha value is -3.54. The maximum atomic E-state index is 13.6. The second kappa shape index (κ2) is 12.1. The zero-order chi connectivity index (χ0) is 31.9. The van der Waals surface area contributed by atoms with Gasteiger partial charge in [0, 0.05) is 47.0 Å². The number of nitrogens with zero attached hydrogens (tertiary/aromatic N) is 4. The number of hydrogen-bond donors (Lipinski definition) is 2. The van der Waals surface area contributed by atoms with Gasteiger partial charge in [0.25, 0.3) is 5.91 Å². The lowest BCUT2D eigenvalue weighted by Gasteiger charge is -2.39. The highest BCUT2D eigenvalue weighted by Gasteiger charge is 2.37. The Morgan fingerprint density at radius 2 is 1.91 bits per heavy atom. The van der Waals surface area contributed by atoms with Crippen LogP contribution in [-0.2, 0) is 10.9 Å². The van der Waals surface area contributed by atoms with Crippen molar-refractivity contribution in [3.63, 3.8) is 0 Å². The molecule has 13 heteroatoms. The van der Waals surface area contributed by atoms with Crippen molar-refractivity contribution in [3.05, 3.63) is 52.9 Å². The van der Waals surface area contributed by atoms with Gasteiger partial charge in [0.2, 0.25) is 0 Å². The van der Waals surface area contributed by atoms with Crippen LogP contribution in [0.3, 0.4) is 0 Å². The van der Waals surface area contributed by atoms with Crippen molar-refractivity contribution in [2.75, 3.05) is 18.4 Å². The monoisotopic (exact) mass is 634 g/mol. The molecule has 9 nitrogen and oxygen atoms in total. The van der Waals surface area contributed by atoms with Crippen LogP contribution < -0.4 is 10.6 Å². The van der Waals surface area contributed by atoms with E-state index in [1.54, 1.807) is 21.8 Å². The number of nitrogens with one attached hydrogen (secondary N) is 2. The molecule has 44 heavy (non-hydrogen) atoms. The van der Waals surface area contributed by atoms with E-state index in [-0.39, 0.29) is 29.6 Å². The third kappa shape index (κ3) is 7.57. The molecule has 238 valence electrons. The van der Waals surface area contributed by atoms with E-state index in [1.807, 2.05) is 27.7 Å². The maximum Gasteiger partial charge on any atom is 0.433 e. The van der Waals surface area contributed by atoms with Gasteiger partial charge < -0.3 is 20.3 Å². The number of likely N-dealkylation sites (tertiary alicyclic amines) is 1. The highest BCUT2D eigenvalue weighted by molar-refractivity contribution is 6.31. The van der Waals surface area contributed by atoms with Crippen LogP contribution in [0.25, 0.3) is 10.9 Å². The molecule has 1 aliphatic heterocycles. The molecule has 2 N–H and O–H groups in total. The van der Waals surface area contributed by atoms with E-state index in [9.17, 15) is 22.8 Å². The highest BCUT2D eigenvalue weighted by Crippen LogP contribution is 2.37. The van der Waals surface area contributed by atoms with Gasteiger partial charge in [-0.2, -0.15) is 18.3 Å². The molecule has 1 unspecified atom stereocenters. The van der Waals surface area contributed by atoms with Gasteiger partial charge in [0.1, 0.15) is 11.3 Å². The third-order valence-electron chi connectivity index (χ3n) is 8.10. The summed E-state index contributed by atoms with van der Waals surface area (Å²) < 4.78 is 48.1. The minimum atomic E-state index is -4.60. The van der Waals surface area contributed by atoms with E-state index in [0.29, 0.717) is 41.2 Å². The normalized spacial score (nSPS) is 23.0. The summed E-state index contributed by atoms with van der Waals surface area (Å²) in [4.78, 5) is 31.4. The molecule has 3 atom stereocenters. The SMILES string of the molecule is CC(C)(C)OC(=O)N1CCCC(n2cc(C(=O)N[C@]3(C)CCC[C@H](Nc4cc(C(F)(F)F)nc5ccc(Cl)cc45)C3)cn2)C1. The minimum absolute atomic E-state index is 0.0815. The molecule has 2 aliphatic rings. The number of ether oxygens (including phenoxy) is 1. The Morgan fingerprint density at radius 3 is 2.64 bits per heavy atom. The molecule has 2 fully saturated rings. The number of alkyl halides is 3. The summed E-state index contributed by atoms with van der Waals surface area (Å²) in [7, 11) is 0. The molecule has 1 aromatic carbocycles. The summed E-state index contributed by atoms with van der Waals surface area (Å²) in [6.45, 7) is 8.48. The number of fused-ring (bicyclic) bond motifs is 1. The predicted molar refractivity (Wildman–Crippen MR) is 162 cm³/mol. The first-order valence-corrected chi connectivity index (χ1v) is 15.2. The topological polar surface area (TPSA) is 101 Å². The largest absolute Gasteiger partial charge is 0.444 e. The molecule has 3 heterocycles. The van der Waals surface area contributed by atoms with Crippen LogP contribution in [0, 0.1) is 0 Å². The molecule has 3 aromatic rings. The molecular formula is C31H38ClF3N6O3. The van der Waals surface area contributed by atoms with Gasteiger partial charge in [-0.3, -0.25) is 9.48 Å². The number of aromatic nitrogens is 3. The zero-order valence-electron chi connectivity index (χ0n) is 25.3. The van der Waals surface area contributed by atoms with Crippen LogP contribution in [0.2, 0.25) is 5.02 Å². The van der Waals surface area contributed by atoms with Crippen molar-refractivity contribution < 1.29 is 27.5 Å². The summed E-state index contributed by atoms with van der Waals surface area (Å²) in [6, 6.07) is 5.35. The van der Waals surface area contributed by atoms with Gasteiger partial charge in [-0.25, -0.2) is 9.78 Å². The second-order valence-electron chi connectivity index (χ2n) is 13.1. The highest BCUT2D eigenvalue weighted by atomic mass is 35.5. The summed E-state index contributed by atoms with van der Waals surface area (Å²) in [6.07, 6.45) is 2.59. The quantitative estimate of drug-likeness (QED) is 0.307. The van der Waals surface area contributed by atoms with Crippen molar-refractivity contribution in [1.29, 1.82) is 0 Å². The van der Waals surface area contributed by atoms with Gasteiger partial charge in [-0.05, 0) is 90.5 Å². The zero-order valence-corrected chi connectivity index (χ0v) is 26.1. The number of carbonyl (C=O) groups is 2. The van der Waals surface area contributed by atoms with Gasteiger partial charge in [0.05, 0.1) is 23.3 Å². The third-order valence-corrected chi connectivity index (χ3v) is 8.34. The number of anilines is 1. The Balaban J connectivity index is 1.26.